The average Bonchev–Trinajstić information content (AvgIpc) is 3.36. The number of nitrogens with zero attached hydrogens (tertiary/aromatic N) is 1. The summed E-state index contributed by atoms with van der Waals surface area (Å²) in [5.41, 5.74) is 2.96. The van der Waals surface area contributed by atoms with E-state index in [0.717, 1.165) is 5.56 Å². The minimum absolute atomic E-state index is 0.181. The number of amides is 1. The first-order valence-electron chi connectivity index (χ1n) is 8.47. The van der Waals surface area contributed by atoms with Crippen LogP contribution in [0.25, 0.3) is 28.6 Å². The van der Waals surface area contributed by atoms with Crippen molar-refractivity contribution >= 4 is 46.1 Å². The van der Waals surface area contributed by atoms with Gasteiger partial charge in [-0.15, -0.1) is 0 Å². The van der Waals surface area contributed by atoms with E-state index < -0.39 is 0 Å². The summed E-state index contributed by atoms with van der Waals surface area (Å²) in [7, 11) is 0. The van der Waals surface area contributed by atoms with Gasteiger partial charge in [0.2, 0.25) is 11.8 Å². The molecular weight excluding hydrogens is 374 g/mol. The molecular formula is C21H15N3O3S. The van der Waals surface area contributed by atoms with Crippen molar-refractivity contribution in [2.75, 3.05) is 5.32 Å². The molecule has 138 valence electrons. The molecule has 2 aromatic heterocycles. The number of carbonyl (C=O) groups excluding carboxylic acids is 1. The molecule has 0 spiro atoms. The lowest BCUT2D eigenvalue weighted by atomic mass is 10.2. The van der Waals surface area contributed by atoms with Crippen LogP contribution in [0.4, 0.5) is 5.69 Å². The largest absolute Gasteiger partial charge is 0.465 e. The molecule has 2 heterocycles. The van der Waals surface area contributed by atoms with E-state index in [0.29, 0.717) is 28.4 Å². The van der Waals surface area contributed by atoms with E-state index in [2.05, 4.69) is 15.6 Å². The van der Waals surface area contributed by atoms with Gasteiger partial charge in [0.25, 0.3) is 0 Å². The first kappa shape index (κ1) is 17.7. The van der Waals surface area contributed by atoms with E-state index in [4.69, 9.17) is 21.1 Å². The van der Waals surface area contributed by atoms with E-state index >= 15 is 0 Å². The molecule has 0 unspecified atom stereocenters. The number of furan rings is 1. The fraction of sp³-hybridized carbons (Fsp3) is 0. The van der Waals surface area contributed by atoms with Crippen molar-refractivity contribution in [3.63, 3.8) is 0 Å². The third kappa shape index (κ3) is 4.16. The summed E-state index contributed by atoms with van der Waals surface area (Å²) >= 11 is 5.19. The van der Waals surface area contributed by atoms with Crippen molar-refractivity contribution in [3.05, 3.63) is 78.8 Å². The van der Waals surface area contributed by atoms with Crippen molar-refractivity contribution in [2.24, 2.45) is 0 Å². The molecule has 0 aliphatic rings. The molecule has 4 rings (SSSR count). The van der Waals surface area contributed by atoms with Crippen molar-refractivity contribution in [1.82, 2.24) is 10.3 Å². The monoisotopic (exact) mass is 389 g/mol. The quantitative estimate of drug-likeness (QED) is 0.392. The van der Waals surface area contributed by atoms with Gasteiger partial charge in [-0.2, -0.15) is 0 Å². The molecule has 28 heavy (non-hydrogen) atoms. The number of benzene rings is 2. The third-order valence-corrected chi connectivity index (χ3v) is 4.05. The van der Waals surface area contributed by atoms with Crippen molar-refractivity contribution in [1.29, 1.82) is 0 Å². The minimum Gasteiger partial charge on any atom is -0.465 e. The zero-order valence-corrected chi connectivity index (χ0v) is 15.4. The van der Waals surface area contributed by atoms with Crippen molar-refractivity contribution < 1.29 is 13.6 Å². The third-order valence-electron chi connectivity index (χ3n) is 3.85. The molecule has 0 fully saturated rings. The highest BCUT2D eigenvalue weighted by atomic mass is 32.1. The lowest BCUT2D eigenvalue weighted by Gasteiger charge is -2.07. The van der Waals surface area contributed by atoms with Crippen LogP contribution in [0.15, 0.2) is 81.8 Å². The van der Waals surface area contributed by atoms with Gasteiger partial charge in [-0.1, -0.05) is 18.2 Å². The number of oxazole rings is 1. The topological polar surface area (TPSA) is 80.3 Å². The van der Waals surface area contributed by atoms with Crippen LogP contribution in [0.3, 0.4) is 0 Å². The normalized spacial score (nSPS) is 11.0. The van der Waals surface area contributed by atoms with E-state index in [1.807, 2.05) is 36.4 Å². The van der Waals surface area contributed by atoms with E-state index in [1.165, 1.54) is 12.3 Å². The molecule has 7 heteroatoms. The Hall–Kier alpha value is -3.71. The molecule has 2 aromatic carbocycles. The maximum Gasteiger partial charge on any atom is 0.250 e. The highest BCUT2D eigenvalue weighted by Gasteiger charge is 2.09. The van der Waals surface area contributed by atoms with Gasteiger partial charge in [-0.25, -0.2) is 4.98 Å². The van der Waals surface area contributed by atoms with Crippen LogP contribution in [0.1, 0.15) is 5.76 Å². The summed E-state index contributed by atoms with van der Waals surface area (Å²) in [6.45, 7) is 0. The fourth-order valence-corrected chi connectivity index (χ4v) is 2.79. The summed E-state index contributed by atoms with van der Waals surface area (Å²) in [6.07, 6.45) is 4.44. The van der Waals surface area contributed by atoms with Gasteiger partial charge in [0, 0.05) is 17.3 Å². The first-order chi connectivity index (χ1) is 13.7. The van der Waals surface area contributed by atoms with Crippen molar-refractivity contribution in [3.8, 4) is 11.5 Å². The molecule has 6 nitrogen and oxygen atoms in total. The minimum atomic E-state index is -0.359. The van der Waals surface area contributed by atoms with Crippen LogP contribution in [0, 0.1) is 0 Å². The molecule has 0 aliphatic heterocycles. The molecule has 0 aliphatic carbocycles. The van der Waals surface area contributed by atoms with Gasteiger partial charge in [-0.3, -0.25) is 10.1 Å². The number of fused-ring (bicyclic) bond motifs is 1. The van der Waals surface area contributed by atoms with Crippen molar-refractivity contribution in [2.45, 2.75) is 0 Å². The van der Waals surface area contributed by atoms with Crippen LogP contribution >= 0.6 is 12.2 Å². The van der Waals surface area contributed by atoms with Crippen LogP contribution in [0.5, 0.6) is 0 Å². The van der Waals surface area contributed by atoms with Gasteiger partial charge in [-0.05, 0) is 60.8 Å². The number of hydrogen-bond acceptors (Lipinski definition) is 5. The molecule has 1 amide bonds. The lowest BCUT2D eigenvalue weighted by molar-refractivity contribution is -0.115. The Morgan fingerprint density at radius 2 is 1.93 bits per heavy atom. The van der Waals surface area contributed by atoms with Crippen LogP contribution in [0.2, 0.25) is 0 Å². The second-order valence-corrected chi connectivity index (χ2v) is 6.27. The maximum absolute atomic E-state index is 11.9. The van der Waals surface area contributed by atoms with Gasteiger partial charge in [0.05, 0.1) is 6.26 Å². The average molecular weight is 389 g/mol. The van der Waals surface area contributed by atoms with Gasteiger partial charge < -0.3 is 14.2 Å². The van der Waals surface area contributed by atoms with Crippen LogP contribution in [-0.2, 0) is 4.79 Å². The summed E-state index contributed by atoms with van der Waals surface area (Å²) in [4.78, 5) is 16.4. The Balaban J connectivity index is 1.42. The Labute approximate surface area is 165 Å². The zero-order chi connectivity index (χ0) is 19.3. The summed E-state index contributed by atoms with van der Waals surface area (Å²) in [6, 6.07) is 18.6. The van der Waals surface area contributed by atoms with Gasteiger partial charge in [0.1, 0.15) is 11.3 Å². The number of nitrogens with one attached hydrogen (secondary N) is 2. The number of aromatic nitrogens is 1. The number of carbonyl (C=O) groups is 1. The summed E-state index contributed by atoms with van der Waals surface area (Å²) < 4.78 is 10.9. The first-order valence-corrected chi connectivity index (χ1v) is 8.88. The van der Waals surface area contributed by atoms with E-state index in [1.54, 1.807) is 30.3 Å². The Morgan fingerprint density at radius 1 is 1.07 bits per heavy atom. The van der Waals surface area contributed by atoms with Gasteiger partial charge in [0.15, 0.2) is 10.7 Å². The standard InChI is InChI=1S/C21H15N3O3S/c25-19(11-9-16-7-4-12-26-16)24-21(28)22-15-8-10-18-17(13-15)23-20(27-18)14-5-2-1-3-6-14/h1-13H,(H2,22,24,25,28). The fourth-order valence-electron chi connectivity index (χ4n) is 2.57. The SMILES string of the molecule is O=C(C=Cc1ccco1)NC(=S)Nc1ccc2oc(-c3ccccc3)nc2c1. The number of hydrogen-bond donors (Lipinski definition) is 2. The Bertz CT molecular complexity index is 1150. The predicted molar refractivity (Wildman–Crippen MR) is 112 cm³/mol. The molecule has 0 saturated heterocycles. The Kier molecular flexibility index (Phi) is 4.99. The molecule has 0 saturated carbocycles. The van der Waals surface area contributed by atoms with Gasteiger partial charge >= 0.3 is 0 Å². The highest BCUT2D eigenvalue weighted by molar-refractivity contribution is 7.80. The summed E-state index contributed by atoms with van der Waals surface area (Å²) in [5, 5.41) is 5.73. The highest BCUT2D eigenvalue weighted by Crippen LogP contribution is 2.26. The maximum atomic E-state index is 11.9. The molecule has 2 N–H and O–H groups in total. The smallest absolute Gasteiger partial charge is 0.250 e. The van der Waals surface area contributed by atoms with E-state index in [-0.39, 0.29) is 11.0 Å². The molecule has 0 radical (unpaired) electrons. The number of rotatable bonds is 4. The number of anilines is 1. The zero-order valence-electron chi connectivity index (χ0n) is 14.6. The molecule has 0 atom stereocenters. The lowest BCUT2D eigenvalue weighted by Crippen LogP contribution is -2.32. The van der Waals surface area contributed by atoms with Crippen LogP contribution in [-0.4, -0.2) is 16.0 Å². The molecule has 4 aromatic rings. The second kappa shape index (κ2) is 7.89. The van der Waals surface area contributed by atoms with Crippen LogP contribution < -0.4 is 10.6 Å². The second-order valence-electron chi connectivity index (χ2n) is 5.86. The molecule has 0 bridgehead atoms. The number of thiocarbonyl (C=S) groups is 1. The predicted octanol–water partition coefficient (Wildman–Crippen LogP) is 4.61. The Morgan fingerprint density at radius 3 is 2.71 bits per heavy atom. The summed E-state index contributed by atoms with van der Waals surface area (Å²) in [5.74, 6) is 0.772. The van der Waals surface area contributed by atoms with E-state index in [9.17, 15) is 4.79 Å².